The molecule has 0 spiro atoms. The molecule has 1 aromatic heterocycles. The number of fused-ring (bicyclic) bond motifs is 1. The average Bonchev–Trinajstić information content (AvgIpc) is 2.77. The number of aromatic nitrogens is 1. The van der Waals surface area contributed by atoms with Crippen LogP contribution in [0.1, 0.15) is 64.2 Å². The predicted octanol–water partition coefficient (Wildman–Crippen LogP) is 6.96. The van der Waals surface area contributed by atoms with Gasteiger partial charge in [0, 0.05) is 11.6 Å². The Morgan fingerprint density at radius 1 is 0.786 bits per heavy atom. The van der Waals surface area contributed by atoms with Crippen molar-refractivity contribution in [3.63, 3.8) is 0 Å². The maximum absolute atomic E-state index is 6.47. The van der Waals surface area contributed by atoms with E-state index in [1.165, 1.54) is 64.2 Å². The Labute approximate surface area is 170 Å². The third kappa shape index (κ3) is 5.28. The molecule has 4 rings (SSSR count). The van der Waals surface area contributed by atoms with Crippen LogP contribution in [0.5, 0.6) is 5.75 Å². The van der Waals surface area contributed by atoms with Crippen LogP contribution in [0, 0.1) is 11.8 Å². The highest BCUT2D eigenvalue weighted by Crippen LogP contribution is 2.28. The van der Waals surface area contributed by atoms with E-state index in [2.05, 4.69) is 47.3 Å². The summed E-state index contributed by atoms with van der Waals surface area (Å²) in [5.41, 5.74) is 0.951. The number of para-hydroxylation sites is 1. The molecule has 0 unspecified atom stereocenters. The second-order valence-electron chi connectivity index (χ2n) is 8.48. The Kier molecular flexibility index (Phi) is 6.86. The van der Waals surface area contributed by atoms with E-state index in [0.717, 1.165) is 16.7 Å². The van der Waals surface area contributed by atoms with Gasteiger partial charge in [0.2, 0.25) is 0 Å². The molecule has 28 heavy (non-hydrogen) atoms. The van der Waals surface area contributed by atoms with Gasteiger partial charge in [-0.3, -0.25) is 4.98 Å². The molecule has 0 amide bonds. The Bertz CT molecular complexity index is 770. The molecule has 2 aromatic rings. The van der Waals surface area contributed by atoms with Crippen molar-refractivity contribution in [1.82, 2.24) is 4.98 Å². The Morgan fingerprint density at radius 3 is 2.04 bits per heavy atom. The van der Waals surface area contributed by atoms with Gasteiger partial charge in [-0.15, -0.1) is 0 Å². The van der Waals surface area contributed by atoms with Gasteiger partial charge in [-0.25, -0.2) is 0 Å². The van der Waals surface area contributed by atoms with Crippen LogP contribution in [0.2, 0.25) is 0 Å². The standard InChI is InChI=1S/C25H32BNO/c1-3-9-21(10-4-1)16-18-26(19-17-22-11-5-2-6-12-22)28-24-15-7-13-23-14-8-20-27-25(23)24/h7-8,13-22H,1-6,9-12H2/b18-16+,19-17+. The molecule has 146 valence electrons. The first kappa shape index (κ1) is 19.3. The third-order valence-corrected chi connectivity index (χ3v) is 6.30. The van der Waals surface area contributed by atoms with Gasteiger partial charge in [0.05, 0.1) is 0 Å². The first-order valence-electron chi connectivity index (χ1n) is 11.3. The Morgan fingerprint density at radius 2 is 1.39 bits per heavy atom. The highest BCUT2D eigenvalue weighted by molar-refractivity contribution is 6.64. The minimum atomic E-state index is -0.0172. The molecule has 1 heterocycles. The number of nitrogens with zero attached hydrogens (tertiary/aromatic N) is 1. The van der Waals surface area contributed by atoms with Crippen molar-refractivity contribution in [1.29, 1.82) is 0 Å². The first-order chi connectivity index (χ1) is 13.9. The minimum absolute atomic E-state index is 0.0172. The summed E-state index contributed by atoms with van der Waals surface area (Å²) in [6, 6.07) is 10.3. The van der Waals surface area contributed by atoms with Crippen LogP contribution in [0.15, 0.2) is 60.6 Å². The SMILES string of the molecule is C(=C\C1CCCCC1)/B(/C=C/C1CCCCC1)Oc1cccc2cccnc12. The van der Waals surface area contributed by atoms with Crippen LogP contribution in [0.3, 0.4) is 0 Å². The molecule has 3 heteroatoms. The summed E-state index contributed by atoms with van der Waals surface area (Å²) < 4.78 is 6.47. The van der Waals surface area contributed by atoms with E-state index in [-0.39, 0.29) is 6.92 Å². The number of benzene rings is 1. The zero-order valence-electron chi connectivity index (χ0n) is 16.9. The topological polar surface area (TPSA) is 22.1 Å². The van der Waals surface area contributed by atoms with E-state index in [1.54, 1.807) is 0 Å². The molecule has 2 nitrogen and oxygen atoms in total. The van der Waals surface area contributed by atoms with Crippen LogP contribution in [0.4, 0.5) is 0 Å². The number of hydrogen-bond donors (Lipinski definition) is 0. The van der Waals surface area contributed by atoms with Gasteiger partial charge in [0.1, 0.15) is 11.3 Å². The Balaban J connectivity index is 1.52. The van der Waals surface area contributed by atoms with E-state index in [4.69, 9.17) is 4.65 Å². The lowest BCUT2D eigenvalue weighted by Gasteiger charge is -2.20. The van der Waals surface area contributed by atoms with E-state index in [9.17, 15) is 0 Å². The van der Waals surface area contributed by atoms with Crippen LogP contribution in [0.25, 0.3) is 10.9 Å². The molecule has 0 N–H and O–H groups in total. The molecule has 0 atom stereocenters. The van der Waals surface area contributed by atoms with Crippen LogP contribution in [-0.4, -0.2) is 11.9 Å². The lowest BCUT2D eigenvalue weighted by Crippen LogP contribution is -2.19. The van der Waals surface area contributed by atoms with Gasteiger partial charge in [-0.05, 0) is 49.7 Å². The fourth-order valence-electron chi connectivity index (χ4n) is 4.65. The smallest absolute Gasteiger partial charge is 0.410 e. The maximum atomic E-state index is 6.47. The Hall–Kier alpha value is -2.03. The third-order valence-electron chi connectivity index (χ3n) is 6.30. The summed E-state index contributed by atoms with van der Waals surface area (Å²) in [6.45, 7) is -0.0172. The zero-order chi connectivity index (χ0) is 19.0. The molecule has 2 fully saturated rings. The fourth-order valence-corrected chi connectivity index (χ4v) is 4.65. The van der Waals surface area contributed by atoms with Crippen LogP contribution < -0.4 is 4.65 Å². The van der Waals surface area contributed by atoms with Crippen LogP contribution >= 0.6 is 0 Å². The van der Waals surface area contributed by atoms with E-state index < -0.39 is 0 Å². The number of pyridine rings is 1. The quantitative estimate of drug-likeness (QED) is 0.511. The summed E-state index contributed by atoms with van der Waals surface area (Å²) in [4.78, 5) is 4.56. The van der Waals surface area contributed by atoms with Crippen molar-refractivity contribution < 1.29 is 4.65 Å². The van der Waals surface area contributed by atoms with E-state index in [1.807, 2.05) is 18.3 Å². The summed E-state index contributed by atoms with van der Waals surface area (Å²) in [5.74, 6) is 6.89. The molecule has 0 aliphatic heterocycles. The lowest BCUT2D eigenvalue weighted by molar-refractivity contribution is 0.419. The molecule has 1 aromatic carbocycles. The van der Waals surface area contributed by atoms with Gasteiger partial charge in [0.25, 0.3) is 0 Å². The summed E-state index contributed by atoms with van der Waals surface area (Å²) in [5, 5.41) is 1.13. The largest absolute Gasteiger partial charge is 0.551 e. The monoisotopic (exact) mass is 373 g/mol. The highest BCUT2D eigenvalue weighted by atomic mass is 16.4. The first-order valence-corrected chi connectivity index (χ1v) is 11.3. The van der Waals surface area contributed by atoms with E-state index in [0.29, 0.717) is 11.8 Å². The predicted molar refractivity (Wildman–Crippen MR) is 120 cm³/mol. The molecular formula is C25H32BNO. The van der Waals surface area contributed by atoms with Crippen molar-refractivity contribution in [2.45, 2.75) is 64.2 Å². The molecular weight excluding hydrogens is 341 g/mol. The van der Waals surface area contributed by atoms with Gasteiger partial charge in [0.15, 0.2) is 0 Å². The lowest BCUT2D eigenvalue weighted by atomic mass is 9.65. The van der Waals surface area contributed by atoms with Gasteiger partial charge >= 0.3 is 6.92 Å². The minimum Gasteiger partial charge on any atom is -0.551 e. The van der Waals surface area contributed by atoms with E-state index >= 15 is 0 Å². The molecule has 0 bridgehead atoms. The van der Waals surface area contributed by atoms with Crippen molar-refractivity contribution >= 4 is 17.8 Å². The van der Waals surface area contributed by atoms with Crippen molar-refractivity contribution in [2.75, 3.05) is 0 Å². The van der Waals surface area contributed by atoms with Gasteiger partial charge in [-0.1, -0.05) is 80.8 Å². The molecule has 2 aliphatic carbocycles. The average molecular weight is 373 g/mol. The summed E-state index contributed by atoms with van der Waals surface area (Å²) in [7, 11) is 0. The van der Waals surface area contributed by atoms with Gasteiger partial charge in [-0.2, -0.15) is 0 Å². The highest BCUT2D eigenvalue weighted by Gasteiger charge is 2.17. The second-order valence-corrected chi connectivity index (χ2v) is 8.48. The maximum Gasteiger partial charge on any atom is 0.410 e. The van der Waals surface area contributed by atoms with Crippen molar-refractivity contribution in [3.05, 3.63) is 60.6 Å². The normalized spacial score (nSPS) is 19.6. The molecule has 2 saturated carbocycles. The summed E-state index contributed by atoms with van der Waals surface area (Å²) in [6.07, 6.45) is 20.2. The van der Waals surface area contributed by atoms with Crippen molar-refractivity contribution in [3.8, 4) is 5.75 Å². The number of allylic oxidation sites excluding steroid dienone is 2. The number of hydrogen-bond acceptors (Lipinski definition) is 2. The second kappa shape index (κ2) is 9.95. The zero-order valence-corrected chi connectivity index (χ0v) is 16.9. The molecule has 2 aliphatic rings. The van der Waals surface area contributed by atoms with Crippen LogP contribution in [-0.2, 0) is 0 Å². The summed E-state index contributed by atoms with van der Waals surface area (Å²) >= 11 is 0. The van der Waals surface area contributed by atoms with Crippen molar-refractivity contribution in [2.24, 2.45) is 11.8 Å². The molecule has 0 radical (unpaired) electrons. The molecule has 0 saturated heterocycles. The number of rotatable bonds is 6. The van der Waals surface area contributed by atoms with Gasteiger partial charge < -0.3 is 4.65 Å². The fraction of sp³-hybridized carbons (Fsp3) is 0.480.